The second kappa shape index (κ2) is 13.1. The normalized spacial score (nSPS) is 11.9. The highest BCUT2D eigenvalue weighted by Gasteiger charge is 2.22. The monoisotopic (exact) mass is 527 g/mol. The lowest BCUT2D eigenvalue weighted by Gasteiger charge is -2.19. The van der Waals surface area contributed by atoms with Gasteiger partial charge in [0.1, 0.15) is 17.6 Å². The van der Waals surface area contributed by atoms with E-state index in [1.807, 2.05) is 67.6 Å². The molecule has 2 amide bonds. The topological polar surface area (TPSA) is 100 Å². The molecule has 39 heavy (non-hydrogen) atoms. The van der Waals surface area contributed by atoms with Crippen LogP contribution in [-0.2, 0) is 27.3 Å². The first kappa shape index (κ1) is 27.9. The molecule has 0 aliphatic heterocycles. The first-order valence-corrected chi connectivity index (χ1v) is 13.5. The number of carbonyl (C=O) groups is 3. The lowest BCUT2D eigenvalue weighted by atomic mass is 10.0. The lowest BCUT2D eigenvalue weighted by molar-refractivity contribution is -0.129. The molecule has 0 fully saturated rings. The fraction of sp³-hybridized carbons (Fsp3) is 0.344. The van der Waals surface area contributed by atoms with Gasteiger partial charge in [-0.1, -0.05) is 55.3 Å². The number of carbonyl (C=O) groups excluding carboxylic acids is 3. The molecule has 0 unspecified atom stereocenters. The number of unbranched alkanes of at least 4 members (excludes halogenated alkanes) is 2. The number of hydrogen-bond donors (Lipinski definition) is 3. The summed E-state index contributed by atoms with van der Waals surface area (Å²) in [6.45, 7) is 3.91. The molecule has 1 aromatic heterocycles. The first-order valence-electron chi connectivity index (χ1n) is 13.5. The van der Waals surface area contributed by atoms with E-state index in [1.54, 1.807) is 14.0 Å². The molecule has 0 spiro atoms. The Labute approximate surface area is 229 Å². The smallest absolute Gasteiger partial charge is 0.242 e. The summed E-state index contributed by atoms with van der Waals surface area (Å²) >= 11 is 0. The number of benzene rings is 3. The number of fused-ring (bicyclic) bond motifs is 2. The molecule has 204 valence electrons. The van der Waals surface area contributed by atoms with Gasteiger partial charge in [-0.25, -0.2) is 0 Å². The number of ketones is 1. The van der Waals surface area contributed by atoms with E-state index in [-0.39, 0.29) is 24.0 Å². The van der Waals surface area contributed by atoms with Crippen molar-refractivity contribution in [2.75, 3.05) is 7.11 Å². The van der Waals surface area contributed by atoms with Gasteiger partial charge in [0, 0.05) is 29.6 Å². The van der Waals surface area contributed by atoms with Gasteiger partial charge < -0.3 is 25.1 Å². The van der Waals surface area contributed by atoms with Crippen molar-refractivity contribution in [1.82, 2.24) is 15.6 Å². The standard InChI is InChI=1S/C32H37N3O4/c1-21(36)10-5-4-6-15-30(32(38)33-20-24-13-9-12-23-11-7-8-14-26(23)24)35-31(37)19-27-22(2)34-29-17-16-25(39-3)18-28(27)29/h7-9,11-14,16-18,30,34H,4-6,10,15,19-20H2,1-3H3,(H,33,38)(H,35,37)/t30-/m0/s1. The van der Waals surface area contributed by atoms with Crippen LogP contribution in [0.4, 0.5) is 0 Å². The van der Waals surface area contributed by atoms with E-state index in [9.17, 15) is 14.4 Å². The van der Waals surface area contributed by atoms with E-state index < -0.39 is 6.04 Å². The van der Waals surface area contributed by atoms with Gasteiger partial charge >= 0.3 is 0 Å². The van der Waals surface area contributed by atoms with Crippen LogP contribution in [0, 0.1) is 6.92 Å². The SMILES string of the molecule is COc1ccc2[nH]c(C)c(CC(=O)N[C@@H](CCCCCC(C)=O)C(=O)NCc3cccc4ccccc34)c2c1. The quantitative estimate of drug-likeness (QED) is 0.199. The maximum atomic E-state index is 13.3. The van der Waals surface area contributed by atoms with Crippen LogP contribution in [0.25, 0.3) is 21.7 Å². The molecule has 3 aromatic carbocycles. The van der Waals surface area contributed by atoms with Crippen LogP contribution >= 0.6 is 0 Å². The number of aromatic nitrogens is 1. The van der Waals surface area contributed by atoms with Gasteiger partial charge in [-0.15, -0.1) is 0 Å². The van der Waals surface area contributed by atoms with Crippen molar-refractivity contribution in [3.05, 3.63) is 77.5 Å². The highest BCUT2D eigenvalue weighted by atomic mass is 16.5. The number of aryl methyl sites for hydroxylation is 1. The van der Waals surface area contributed by atoms with Crippen molar-refractivity contribution < 1.29 is 19.1 Å². The molecule has 4 rings (SSSR count). The Balaban J connectivity index is 1.45. The molecule has 4 aromatic rings. The minimum Gasteiger partial charge on any atom is -0.497 e. The van der Waals surface area contributed by atoms with E-state index in [0.717, 1.165) is 63.5 Å². The van der Waals surface area contributed by atoms with Gasteiger partial charge in [0.15, 0.2) is 0 Å². The summed E-state index contributed by atoms with van der Waals surface area (Å²) in [6, 6.07) is 19.2. The molecule has 0 radical (unpaired) electrons. The summed E-state index contributed by atoms with van der Waals surface area (Å²) in [4.78, 5) is 41.2. The molecule has 0 aliphatic carbocycles. The van der Waals surface area contributed by atoms with Crippen molar-refractivity contribution in [2.24, 2.45) is 0 Å². The van der Waals surface area contributed by atoms with E-state index in [1.165, 1.54) is 0 Å². The summed E-state index contributed by atoms with van der Waals surface area (Å²) in [7, 11) is 1.62. The molecule has 0 bridgehead atoms. The van der Waals surface area contributed by atoms with Gasteiger partial charge in [0.2, 0.25) is 11.8 Å². The molecule has 1 heterocycles. The summed E-state index contributed by atoms with van der Waals surface area (Å²) in [5.41, 5.74) is 3.76. The Bertz CT molecular complexity index is 1470. The van der Waals surface area contributed by atoms with Gasteiger partial charge in [-0.2, -0.15) is 0 Å². The number of methoxy groups -OCH3 is 1. The number of ether oxygens (including phenoxy) is 1. The first-order chi connectivity index (χ1) is 18.9. The number of amides is 2. The van der Waals surface area contributed by atoms with Gasteiger partial charge in [-0.3, -0.25) is 9.59 Å². The van der Waals surface area contributed by atoms with Gasteiger partial charge in [-0.05, 0) is 66.8 Å². The summed E-state index contributed by atoms with van der Waals surface area (Å²) in [5.74, 6) is 0.467. The minimum absolute atomic E-state index is 0.149. The molecule has 7 heteroatoms. The third-order valence-corrected chi connectivity index (χ3v) is 7.17. The Kier molecular flexibility index (Phi) is 9.36. The summed E-state index contributed by atoms with van der Waals surface area (Å²) < 4.78 is 5.37. The predicted octanol–water partition coefficient (Wildman–Crippen LogP) is 5.52. The Hall–Kier alpha value is -4.13. The fourth-order valence-electron chi connectivity index (χ4n) is 5.04. The van der Waals surface area contributed by atoms with Crippen LogP contribution in [0.5, 0.6) is 5.75 Å². The predicted molar refractivity (Wildman–Crippen MR) is 155 cm³/mol. The number of nitrogens with one attached hydrogen (secondary N) is 3. The average molecular weight is 528 g/mol. The minimum atomic E-state index is -0.662. The fourth-order valence-corrected chi connectivity index (χ4v) is 5.04. The molecule has 0 aliphatic rings. The van der Waals surface area contributed by atoms with Crippen LogP contribution < -0.4 is 15.4 Å². The molecule has 1 atom stereocenters. The third kappa shape index (κ3) is 7.25. The molecular formula is C32H37N3O4. The van der Waals surface area contributed by atoms with Crippen molar-refractivity contribution >= 4 is 39.3 Å². The Morgan fingerprint density at radius 2 is 1.74 bits per heavy atom. The van der Waals surface area contributed by atoms with Crippen molar-refractivity contribution in [3.63, 3.8) is 0 Å². The zero-order chi connectivity index (χ0) is 27.8. The third-order valence-electron chi connectivity index (χ3n) is 7.17. The molecule has 0 saturated carbocycles. The number of Topliss-reactive ketones (excluding diaryl/α,β-unsaturated/α-hetero) is 1. The zero-order valence-electron chi connectivity index (χ0n) is 22.9. The van der Waals surface area contributed by atoms with Crippen LogP contribution in [0.15, 0.2) is 60.7 Å². The largest absolute Gasteiger partial charge is 0.497 e. The number of aromatic amines is 1. The Morgan fingerprint density at radius 3 is 2.54 bits per heavy atom. The van der Waals surface area contributed by atoms with Crippen molar-refractivity contribution in [2.45, 2.75) is 65.0 Å². The molecule has 3 N–H and O–H groups in total. The van der Waals surface area contributed by atoms with E-state index in [0.29, 0.717) is 19.4 Å². The second-order valence-corrected chi connectivity index (χ2v) is 10.1. The number of rotatable bonds is 13. The maximum Gasteiger partial charge on any atom is 0.242 e. The highest BCUT2D eigenvalue weighted by Crippen LogP contribution is 2.27. The van der Waals surface area contributed by atoms with Crippen molar-refractivity contribution in [1.29, 1.82) is 0 Å². The maximum absolute atomic E-state index is 13.3. The molecular weight excluding hydrogens is 490 g/mol. The average Bonchev–Trinajstić information content (AvgIpc) is 3.24. The molecule has 0 saturated heterocycles. The summed E-state index contributed by atoms with van der Waals surface area (Å²) in [6.07, 6.45) is 3.53. The number of H-pyrrole nitrogens is 1. The van der Waals surface area contributed by atoms with E-state index in [2.05, 4.69) is 15.6 Å². The van der Waals surface area contributed by atoms with Gasteiger partial charge in [0.25, 0.3) is 0 Å². The Morgan fingerprint density at radius 1 is 0.949 bits per heavy atom. The van der Waals surface area contributed by atoms with Crippen molar-refractivity contribution in [3.8, 4) is 5.75 Å². The van der Waals surface area contributed by atoms with Crippen LogP contribution in [-0.4, -0.2) is 35.7 Å². The van der Waals surface area contributed by atoms with Crippen LogP contribution in [0.3, 0.4) is 0 Å². The van der Waals surface area contributed by atoms with E-state index in [4.69, 9.17) is 4.74 Å². The second-order valence-electron chi connectivity index (χ2n) is 10.1. The van der Waals surface area contributed by atoms with E-state index >= 15 is 0 Å². The van der Waals surface area contributed by atoms with Gasteiger partial charge in [0.05, 0.1) is 13.5 Å². The zero-order valence-corrected chi connectivity index (χ0v) is 22.9. The van der Waals surface area contributed by atoms with Crippen LogP contribution in [0.2, 0.25) is 0 Å². The van der Waals surface area contributed by atoms with Crippen LogP contribution in [0.1, 0.15) is 55.8 Å². The summed E-state index contributed by atoms with van der Waals surface area (Å²) in [5, 5.41) is 9.17. The number of hydrogen-bond acceptors (Lipinski definition) is 4. The highest BCUT2D eigenvalue weighted by molar-refractivity contribution is 5.93. The molecule has 7 nitrogen and oxygen atoms in total. The lowest BCUT2D eigenvalue weighted by Crippen LogP contribution is -2.47.